The van der Waals surface area contributed by atoms with Gasteiger partial charge in [0.15, 0.2) is 5.75 Å². The molecule has 0 saturated heterocycles. The average molecular weight is 370 g/mol. The van der Waals surface area contributed by atoms with Crippen LogP contribution in [0.3, 0.4) is 0 Å². The van der Waals surface area contributed by atoms with E-state index >= 15 is 0 Å². The Hall–Kier alpha value is -1.25. The fourth-order valence-corrected chi connectivity index (χ4v) is 4.28. The third-order valence-electron chi connectivity index (χ3n) is 3.15. The molecule has 1 heterocycles. The predicted octanol–water partition coefficient (Wildman–Crippen LogP) is 3.68. The number of aryl methyl sites for hydroxylation is 1. The van der Waals surface area contributed by atoms with Gasteiger partial charge in [-0.25, -0.2) is 4.98 Å². The van der Waals surface area contributed by atoms with Crippen LogP contribution in [0.25, 0.3) is 11.4 Å². The van der Waals surface area contributed by atoms with Gasteiger partial charge < -0.3 is 9.40 Å². The van der Waals surface area contributed by atoms with Gasteiger partial charge >= 0.3 is 0 Å². The van der Waals surface area contributed by atoms with Gasteiger partial charge in [0.1, 0.15) is 5.82 Å². The number of hydrogen-bond donors (Lipinski definition) is 1. The van der Waals surface area contributed by atoms with Crippen LogP contribution in [-0.2, 0) is 11.8 Å². The van der Waals surface area contributed by atoms with Crippen LogP contribution >= 0.6 is 35.3 Å². The van der Waals surface area contributed by atoms with E-state index in [4.69, 9.17) is 4.84 Å². The molecule has 0 aliphatic heterocycles. The summed E-state index contributed by atoms with van der Waals surface area (Å²) in [6.45, 7) is 1.42. The van der Waals surface area contributed by atoms with Crippen molar-refractivity contribution in [3.63, 3.8) is 0 Å². The summed E-state index contributed by atoms with van der Waals surface area (Å²) in [5.41, 5.74) is 3.46. The Bertz CT molecular complexity index is 716. The van der Waals surface area contributed by atoms with Crippen molar-refractivity contribution < 1.29 is 9.63 Å². The first-order chi connectivity index (χ1) is 11.0. The van der Waals surface area contributed by atoms with E-state index in [1.807, 2.05) is 36.6 Å². The molecule has 5 nitrogen and oxygen atoms in total. The van der Waals surface area contributed by atoms with Gasteiger partial charge in [-0.3, -0.25) is 4.79 Å². The highest BCUT2D eigenvalue weighted by atomic mass is 32.2. The van der Waals surface area contributed by atoms with Crippen LogP contribution in [0.5, 0.6) is 5.75 Å². The number of benzene rings is 1. The largest absolute Gasteiger partial charge is 0.377 e. The number of rotatable bonds is 6. The van der Waals surface area contributed by atoms with E-state index in [0.29, 0.717) is 5.75 Å². The first-order valence-corrected chi connectivity index (χ1v) is 10.4. The lowest BCUT2D eigenvalue weighted by atomic mass is 10.2. The number of carbonyl (C=O) groups excluding carboxylic acids is 1. The monoisotopic (exact) mass is 369 g/mol. The molecule has 2 aromatic rings. The number of nitrogens with zero attached hydrogens (tertiary/aromatic N) is 2. The van der Waals surface area contributed by atoms with E-state index < -0.39 is 0 Å². The smallest absolute Gasteiger partial charge is 0.249 e. The van der Waals surface area contributed by atoms with Gasteiger partial charge in [0.2, 0.25) is 5.91 Å². The molecular formula is C15H19N3O2S3. The molecule has 1 amide bonds. The van der Waals surface area contributed by atoms with Crippen molar-refractivity contribution >= 4 is 41.2 Å². The predicted molar refractivity (Wildman–Crippen MR) is 98.4 cm³/mol. The molecule has 0 radical (unpaired) electrons. The number of imidazole rings is 1. The molecule has 1 aromatic carbocycles. The zero-order valence-corrected chi connectivity index (χ0v) is 16.1. The van der Waals surface area contributed by atoms with E-state index in [1.165, 1.54) is 6.92 Å². The van der Waals surface area contributed by atoms with Gasteiger partial charge in [-0.2, -0.15) is 5.48 Å². The fraction of sp³-hybridized carbons (Fsp3) is 0.333. The second kappa shape index (κ2) is 8.03. The zero-order chi connectivity index (χ0) is 17.0. The Morgan fingerprint density at radius 3 is 2.39 bits per heavy atom. The van der Waals surface area contributed by atoms with E-state index in [0.717, 1.165) is 26.1 Å². The quantitative estimate of drug-likeness (QED) is 0.619. The van der Waals surface area contributed by atoms with Crippen molar-refractivity contribution in [2.45, 2.75) is 21.6 Å². The minimum Gasteiger partial charge on any atom is -0.377 e. The number of amides is 1. The summed E-state index contributed by atoms with van der Waals surface area (Å²) in [6.07, 6.45) is 9.73. The summed E-state index contributed by atoms with van der Waals surface area (Å²) in [5.74, 6) is 1.30. The Morgan fingerprint density at radius 2 is 1.91 bits per heavy atom. The molecule has 8 heteroatoms. The molecule has 0 unspecified atom stereocenters. The molecule has 0 spiro atoms. The number of carbonyl (C=O) groups is 1. The lowest BCUT2D eigenvalue weighted by Gasteiger charge is -2.19. The summed E-state index contributed by atoms with van der Waals surface area (Å²) < 4.78 is 1.98. The molecular weight excluding hydrogens is 350 g/mol. The molecule has 2 rings (SSSR count). The standard InChI is InChI=1S/C15H19N3O2S3/c1-9(19)17-20-13-11(22-4)8-10(21-3)12(14(13)23-5)15-16-6-7-18(15)2/h6-8H,1-5H3,(H,17,19). The summed E-state index contributed by atoms with van der Waals surface area (Å²) in [5, 5.41) is 0. The lowest BCUT2D eigenvalue weighted by molar-refractivity contribution is -0.125. The third kappa shape index (κ3) is 3.81. The SMILES string of the molecule is CSc1cc(SC)c(-c2nccn2C)c(SC)c1ONC(C)=O. The molecule has 0 bridgehead atoms. The molecule has 0 aliphatic rings. The number of hydroxylamine groups is 1. The highest BCUT2D eigenvalue weighted by Crippen LogP contribution is 2.47. The van der Waals surface area contributed by atoms with Crippen LogP contribution in [-0.4, -0.2) is 34.2 Å². The van der Waals surface area contributed by atoms with Crippen molar-refractivity contribution in [2.24, 2.45) is 7.05 Å². The minimum atomic E-state index is -0.239. The van der Waals surface area contributed by atoms with Crippen LogP contribution in [0.4, 0.5) is 0 Å². The fourth-order valence-electron chi connectivity index (χ4n) is 2.14. The lowest BCUT2D eigenvalue weighted by Crippen LogP contribution is -2.24. The van der Waals surface area contributed by atoms with Gasteiger partial charge in [0.25, 0.3) is 0 Å². The second-order valence-corrected chi connectivity index (χ2v) is 7.15. The Morgan fingerprint density at radius 1 is 1.22 bits per heavy atom. The summed E-state index contributed by atoms with van der Waals surface area (Å²) >= 11 is 4.84. The van der Waals surface area contributed by atoms with E-state index in [2.05, 4.69) is 16.5 Å². The second-order valence-electron chi connectivity index (χ2n) is 4.64. The normalized spacial score (nSPS) is 10.7. The zero-order valence-electron chi connectivity index (χ0n) is 13.7. The highest BCUT2D eigenvalue weighted by molar-refractivity contribution is 8.00. The summed E-state index contributed by atoms with van der Waals surface area (Å²) in [4.78, 5) is 24.4. The Kier molecular flexibility index (Phi) is 6.32. The van der Waals surface area contributed by atoms with Crippen molar-refractivity contribution in [1.29, 1.82) is 0 Å². The number of aromatic nitrogens is 2. The van der Waals surface area contributed by atoms with Crippen molar-refractivity contribution in [3.8, 4) is 17.1 Å². The maximum Gasteiger partial charge on any atom is 0.249 e. The topological polar surface area (TPSA) is 56.1 Å². The third-order valence-corrected chi connectivity index (χ3v) is 5.45. The molecule has 124 valence electrons. The van der Waals surface area contributed by atoms with Gasteiger partial charge in [-0.1, -0.05) is 0 Å². The maximum atomic E-state index is 11.2. The molecule has 1 N–H and O–H groups in total. The summed E-state index contributed by atoms with van der Waals surface area (Å²) in [6, 6.07) is 2.08. The first kappa shape index (κ1) is 18.1. The number of hydrogen-bond acceptors (Lipinski definition) is 6. The Balaban J connectivity index is 2.70. The van der Waals surface area contributed by atoms with Gasteiger partial charge in [0, 0.05) is 36.8 Å². The summed E-state index contributed by atoms with van der Waals surface area (Å²) in [7, 11) is 1.97. The molecule has 0 saturated carbocycles. The number of nitrogens with one attached hydrogen (secondary N) is 1. The van der Waals surface area contributed by atoms with Gasteiger partial charge in [-0.15, -0.1) is 35.3 Å². The van der Waals surface area contributed by atoms with E-state index in [-0.39, 0.29) is 5.91 Å². The molecule has 0 aliphatic carbocycles. The molecule has 1 aromatic heterocycles. The van der Waals surface area contributed by atoms with Crippen LogP contribution in [0, 0.1) is 0 Å². The Labute approximate surface area is 148 Å². The maximum absolute atomic E-state index is 11.2. The minimum absolute atomic E-state index is 0.239. The van der Waals surface area contributed by atoms with Crippen molar-refractivity contribution in [2.75, 3.05) is 18.8 Å². The molecule has 0 fully saturated rings. The molecule has 23 heavy (non-hydrogen) atoms. The van der Waals surface area contributed by atoms with Crippen molar-refractivity contribution in [1.82, 2.24) is 15.0 Å². The van der Waals surface area contributed by atoms with Crippen LogP contribution in [0.1, 0.15) is 6.92 Å². The van der Waals surface area contributed by atoms with E-state index in [9.17, 15) is 4.79 Å². The van der Waals surface area contributed by atoms with Crippen LogP contribution in [0.15, 0.2) is 33.1 Å². The highest BCUT2D eigenvalue weighted by Gasteiger charge is 2.22. The van der Waals surface area contributed by atoms with Gasteiger partial charge in [-0.05, 0) is 24.8 Å². The number of thioether (sulfide) groups is 3. The van der Waals surface area contributed by atoms with Gasteiger partial charge in [0.05, 0.1) is 9.79 Å². The molecule has 0 atom stereocenters. The first-order valence-electron chi connectivity index (χ1n) is 6.77. The van der Waals surface area contributed by atoms with Crippen LogP contribution < -0.4 is 10.3 Å². The van der Waals surface area contributed by atoms with Crippen LogP contribution in [0.2, 0.25) is 0 Å². The van der Waals surface area contributed by atoms with E-state index in [1.54, 1.807) is 41.5 Å². The average Bonchev–Trinajstić information content (AvgIpc) is 2.96. The van der Waals surface area contributed by atoms with Crippen molar-refractivity contribution in [3.05, 3.63) is 18.5 Å².